The summed E-state index contributed by atoms with van der Waals surface area (Å²) in [5.41, 5.74) is 13.3. The van der Waals surface area contributed by atoms with Crippen LogP contribution in [0.1, 0.15) is 55.4 Å². The van der Waals surface area contributed by atoms with Gasteiger partial charge in [-0.05, 0) is 0 Å². The van der Waals surface area contributed by atoms with E-state index >= 15 is 0 Å². The molecule has 0 spiro atoms. The van der Waals surface area contributed by atoms with Crippen LogP contribution in [0.25, 0.3) is 0 Å². The van der Waals surface area contributed by atoms with Crippen LogP contribution in [0.4, 0.5) is 0 Å². The van der Waals surface area contributed by atoms with Gasteiger partial charge in [0.1, 0.15) is 11.7 Å². The van der Waals surface area contributed by atoms with Crippen molar-refractivity contribution < 1.29 is 30.4 Å². The van der Waals surface area contributed by atoms with Gasteiger partial charge in [-0.15, -0.1) is 0 Å². The largest absolute Gasteiger partial charge is 0.409 e. The maximum atomic E-state index is 10.2. The number of nitrogens with two attached hydrogens (primary N) is 2. The van der Waals surface area contributed by atoms with Crippen molar-refractivity contribution in [3.05, 3.63) is 0 Å². The molecule has 0 heterocycles. The van der Waals surface area contributed by atoms with Crippen LogP contribution >= 0.6 is 0 Å². The first-order chi connectivity index (χ1) is 12.7. The lowest BCUT2D eigenvalue weighted by Gasteiger charge is -1.97. The van der Waals surface area contributed by atoms with Gasteiger partial charge < -0.3 is 21.9 Å². The van der Waals surface area contributed by atoms with Gasteiger partial charge in [0.15, 0.2) is 0 Å². The van der Waals surface area contributed by atoms with Gasteiger partial charge in [0.05, 0.1) is 0 Å². The second-order valence-corrected chi connectivity index (χ2v) is 6.62. The summed E-state index contributed by atoms with van der Waals surface area (Å²) in [6, 6.07) is 0. The minimum Gasteiger partial charge on any atom is -0.409 e. The van der Waals surface area contributed by atoms with Crippen molar-refractivity contribution in [3.63, 3.8) is 0 Å². The topological polar surface area (TPSA) is 216 Å². The van der Waals surface area contributed by atoms with E-state index in [1.807, 2.05) is 27.7 Å². The minimum atomic E-state index is -0.347. The first-order valence-corrected chi connectivity index (χ1v) is 8.55. The molecule has 0 aromatic heterocycles. The van der Waals surface area contributed by atoms with Crippen molar-refractivity contribution in [1.29, 1.82) is 0 Å². The second kappa shape index (κ2) is 20.7. The highest BCUT2D eigenvalue weighted by Gasteiger charge is 2.02. The normalized spacial score (nSPS) is 10.9. The fourth-order valence-electron chi connectivity index (χ4n) is 0.489. The highest BCUT2D eigenvalue weighted by atomic mass is 16.5. The Morgan fingerprint density at radius 2 is 0.857 bits per heavy atom. The third kappa shape index (κ3) is 25.6. The van der Waals surface area contributed by atoms with Crippen molar-refractivity contribution in [2.75, 3.05) is 0 Å². The number of amides is 2. The molecule has 0 aromatic carbocycles. The van der Waals surface area contributed by atoms with Crippen LogP contribution in [-0.2, 0) is 9.59 Å². The summed E-state index contributed by atoms with van der Waals surface area (Å²) in [6.45, 7) is 14.2. The van der Waals surface area contributed by atoms with E-state index in [2.05, 4.69) is 10.3 Å². The highest BCUT2D eigenvalue weighted by molar-refractivity contribution is 5.81. The van der Waals surface area contributed by atoms with Crippen LogP contribution < -0.4 is 22.4 Å². The highest BCUT2D eigenvalue weighted by Crippen LogP contribution is 1.89. The van der Waals surface area contributed by atoms with Crippen LogP contribution in [0.3, 0.4) is 0 Å². The van der Waals surface area contributed by atoms with E-state index in [0.717, 1.165) is 0 Å². The lowest BCUT2D eigenvalue weighted by Crippen LogP contribution is -2.23. The summed E-state index contributed by atoms with van der Waals surface area (Å²) in [6.07, 6.45) is 0. The van der Waals surface area contributed by atoms with Crippen molar-refractivity contribution in [2.24, 2.45) is 45.5 Å². The molecule has 0 aromatic rings. The van der Waals surface area contributed by atoms with Crippen LogP contribution in [0.2, 0.25) is 0 Å². The molecule has 10 N–H and O–H groups in total. The molecule has 12 heteroatoms. The summed E-state index contributed by atoms with van der Waals surface area (Å²) in [5.74, 6) is -0.120. The van der Waals surface area contributed by atoms with Crippen LogP contribution in [0, 0.1) is 23.7 Å². The Bertz CT molecular complexity index is 423. The third-order valence-corrected chi connectivity index (χ3v) is 2.68. The molecule has 0 rings (SSSR count). The average Bonchev–Trinajstić information content (AvgIpc) is 2.66. The molecule has 0 radical (unpaired) electrons. The van der Waals surface area contributed by atoms with Crippen LogP contribution in [0.15, 0.2) is 10.3 Å². The monoisotopic (exact) mass is 410 g/mol. The molecule has 0 bridgehead atoms. The molecule has 0 aliphatic carbocycles. The number of hydroxylamine groups is 2. The van der Waals surface area contributed by atoms with Crippen molar-refractivity contribution in [3.8, 4) is 0 Å². The number of oxime groups is 2. The van der Waals surface area contributed by atoms with Gasteiger partial charge in [0.2, 0.25) is 11.8 Å². The standard InChI is InChI=1S/2C4H10N2O.2C4H9NO2/c2*1-3(2)4(5)6-7;2*1-3(2)4(6)5-7/h2*3,7H,1-2H3,(H2,5,6);2*3,7H,1-2H3,(H,5,6). The van der Waals surface area contributed by atoms with Crippen LogP contribution in [0.5, 0.6) is 0 Å². The number of hydrogen-bond donors (Lipinski definition) is 8. The molecule has 0 aliphatic rings. The first-order valence-electron chi connectivity index (χ1n) is 8.55. The van der Waals surface area contributed by atoms with E-state index in [-0.39, 0.29) is 47.2 Å². The lowest BCUT2D eigenvalue weighted by atomic mass is 10.2. The molecule has 0 saturated carbocycles. The number of hydrogen-bond acceptors (Lipinski definition) is 8. The van der Waals surface area contributed by atoms with Gasteiger partial charge in [-0.3, -0.25) is 20.0 Å². The molecular weight excluding hydrogens is 372 g/mol. The lowest BCUT2D eigenvalue weighted by molar-refractivity contribution is -0.132. The van der Waals surface area contributed by atoms with E-state index in [0.29, 0.717) is 0 Å². The molecule has 0 unspecified atom stereocenters. The van der Waals surface area contributed by atoms with Gasteiger partial charge in [-0.1, -0.05) is 65.7 Å². The Morgan fingerprint density at radius 1 is 0.643 bits per heavy atom. The Morgan fingerprint density at radius 3 is 0.857 bits per heavy atom. The van der Waals surface area contributed by atoms with E-state index in [1.165, 1.54) is 11.0 Å². The first kappa shape index (κ1) is 33.0. The van der Waals surface area contributed by atoms with Gasteiger partial charge >= 0.3 is 0 Å². The zero-order chi connectivity index (χ0) is 23.4. The predicted molar refractivity (Wildman–Crippen MR) is 106 cm³/mol. The predicted octanol–water partition coefficient (Wildman–Crippen LogP) is 1.07. The van der Waals surface area contributed by atoms with Gasteiger partial charge in [-0.2, -0.15) is 0 Å². The van der Waals surface area contributed by atoms with Crippen molar-refractivity contribution >= 4 is 23.5 Å². The molecule has 28 heavy (non-hydrogen) atoms. The summed E-state index contributed by atoms with van der Waals surface area (Å²) < 4.78 is 0. The molecule has 2 amide bonds. The number of nitrogens with one attached hydrogen (secondary N) is 2. The molecule has 0 atom stereocenters. The molecule has 12 nitrogen and oxygen atoms in total. The Balaban J connectivity index is -0.000000137. The third-order valence-electron chi connectivity index (χ3n) is 2.68. The van der Waals surface area contributed by atoms with Crippen molar-refractivity contribution in [1.82, 2.24) is 11.0 Å². The number of amidine groups is 2. The van der Waals surface area contributed by atoms with Crippen LogP contribution in [-0.4, -0.2) is 44.3 Å². The number of carbonyl (C=O) groups is 2. The fourth-order valence-corrected chi connectivity index (χ4v) is 0.489. The fraction of sp³-hybridized carbons (Fsp3) is 0.750. The van der Waals surface area contributed by atoms with E-state index in [4.69, 9.17) is 32.3 Å². The maximum Gasteiger partial charge on any atom is 0.245 e. The van der Waals surface area contributed by atoms with E-state index < -0.39 is 0 Å². The minimum absolute atomic E-state index is 0.134. The molecule has 0 fully saturated rings. The number of nitrogens with zero attached hydrogens (tertiary/aromatic N) is 2. The van der Waals surface area contributed by atoms with Crippen molar-refractivity contribution in [2.45, 2.75) is 55.4 Å². The Hall–Kier alpha value is -2.60. The average molecular weight is 411 g/mol. The maximum absolute atomic E-state index is 10.2. The van der Waals surface area contributed by atoms with Gasteiger partial charge in [-0.25, -0.2) is 11.0 Å². The number of rotatable bonds is 4. The summed E-state index contributed by atoms with van der Waals surface area (Å²) in [7, 11) is 0. The number of carbonyl (C=O) groups excluding carboxylic acids is 2. The molecule has 0 saturated heterocycles. The molecule has 0 aliphatic heterocycles. The summed E-state index contributed by atoms with van der Waals surface area (Å²) >= 11 is 0. The van der Waals surface area contributed by atoms with E-state index in [9.17, 15) is 9.59 Å². The second-order valence-electron chi connectivity index (χ2n) is 6.62. The Labute approximate surface area is 166 Å². The van der Waals surface area contributed by atoms with Gasteiger partial charge in [0, 0.05) is 23.7 Å². The zero-order valence-corrected chi connectivity index (χ0v) is 18.0. The summed E-state index contributed by atoms with van der Waals surface area (Å²) in [4.78, 5) is 20.3. The quantitative estimate of drug-likeness (QED) is 0.110. The Kier molecular flexibility index (Phi) is 24.4. The van der Waals surface area contributed by atoms with E-state index in [1.54, 1.807) is 27.7 Å². The SMILES string of the molecule is CC(C)C(=O)NO.CC(C)C(=O)NO.CC(C)C(N)=NO.CC(C)C(N)=NO. The zero-order valence-electron chi connectivity index (χ0n) is 18.0. The summed E-state index contributed by atoms with van der Waals surface area (Å²) in [5, 5.41) is 37.3. The molecular formula is C16H38N6O6. The molecule has 168 valence electrons. The smallest absolute Gasteiger partial charge is 0.245 e. The van der Waals surface area contributed by atoms with Gasteiger partial charge in [0.25, 0.3) is 0 Å².